The van der Waals surface area contributed by atoms with Crippen LogP contribution in [0.25, 0.3) is 0 Å². The van der Waals surface area contributed by atoms with E-state index in [2.05, 4.69) is 24.1 Å². The first-order valence-electron chi connectivity index (χ1n) is 15.1. The molecular weight excluding hydrogens is 562 g/mol. The molecule has 0 unspecified atom stereocenters. The molecule has 2 aliphatic heterocycles. The van der Waals surface area contributed by atoms with Crippen LogP contribution in [0, 0.1) is 12.8 Å². The Labute approximate surface area is 256 Å². The molecule has 3 aromatic rings. The molecule has 3 aromatic carbocycles. The standard InChI is InChI=1S/C34H43N3O5S/c1-26(2)20-30-23-42-34(25-37(30)43(39,40)32-16-10-27(3)11-17-32)18-7-19-36(24-34)21-33(38)35-29-12-14-31(15-13-29)41-22-28-8-5-4-6-9-28/h4-6,8-17,26,30H,7,18-25H2,1-3H3,(H,35,38)/t30-,34+/m0/s1. The van der Waals surface area contributed by atoms with Gasteiger partial charge in [-0.05, 0) is 80.6 Å². The van der Waals surface area contributed by atoms with Crippen LogP contribution in [0.5, 0.6) is 5.75 Å². The topological polar surface area (TPSA) is 88.2 Å². The lowest BCUT2D eigenvalue weighted by Crippen LogP contribution is -2.64. The molecule has 9 heteroatoms. The third-order valence-electron chi connectivity index (χ3n) is 8.18. The zero-order chi connectivity index (χ0) is 30.5. The number of rotatable bonds is 10. The molecule has 2 heterocycles. The molecule has 8 nitrogen and oxygen atoms in total. The number of carbonyl (C=O) groups is 1. The number of hydrogen-bond donors (Lipinski definition) is 1. The van der Waals surface area contributed by atoms with Gasteiger partial charge in [-0.15, -0.1) is 0 Å². The van der Waals surface area contributed by atoms with Crippen LogP contribution in [0.15, 0.2) is 83.8 Å². The molecule has 230 valence electrons. The molecule has 2 saturated heterocycles. The van der Waals surface area contributed by atoms with Crippen molar-refractivity contribution in [1.29, 1.82) is 0 Å². The maximum absolute atomic E-state index is 13.9. The average molecular weight is 606 g/mol. The Kier molecular flexibility index (Phi) is 9.86. The average Bonchev–Trinajstić information content (AvgIpc) is 2.98. The molecule has 1 spiro atoms. The Morgan fingerprint density at radius 1 is 1.02 bits per heavy atom. The lowest BCUT2D eigenvalue weighted by molar-refractivity contribution is -0.146. The van der Waals surface area contributed by atoms with E-state index in [1.165, 1.54) is 0 Å². The van der Waals surface area contributed by atoms with Crippen LogP contribution in [0.3, 0.4) is 0 Å². The van der Waals surface area contributed by atoms with E-state index in [0.29, 0.717) is 36.3 Å². The smallest absolute Gasteiger partial charge is 0.243 e. The van der Waals surface area contributed by atoms with E-state index in [-0.39, 0.29) is 25.0 Å². The largest absolute Gasteiger partial charge is 0.489 e. The lowest BCUT2D eigenvalue weighted by Gasteiger charge is -2.50. The number of nitrogens with zero attached hydrogens (tertiary/aromatic N) is 2. The number of likely N-dealkylation sites (tertiary alicyclic amines) is 1. The second kappa shape index (κ2) is 13.6. The third kappa shape index (κ3) is 8.03. The van der Waals surface area contributed by atoms with E-state index in [9.17, 15) is 13.2 Å². The zero-order valence-corrected chi connectivity index (χ0v) is 26.2. The van der Waals surface area contributed by atoms with Crippen LogP contribution in [0.1, 0.15) is 44.2 Å². The minimum Gasteiger partial charge on any atom is -0.489 e. The number of hydrogen-bond acceptors (Lipinski definition) is 6. The molecule has 1 N–H and O–H groups in total. The van der Waals surface area contributed by atoms with E-state index < -0.39 is 15.6 Å². The Morgan fingerprint density at radius 2 is 1.74 bits per heavy atom. The van der Waals surface area contributed by atoms with Crippen LogP contribution in [-0.4, -0.2) is 68.0 Å². The fourth-order valence-electron chi connectivity index (χ4n) is 6.02. The minimum atomic E-state index is -3.71. The third-order valence-corrected chi connectivity index (χ3v) is 10.1. The second-order valence-corrected chi connectivity index (χ2v) is 14.2. The monoisotopic (exact) mass is 605 g/mol. The second-order valence-electron chi connectivity index (χ2n) is 12.3. The quantitative estimate of drug-likeness (QED) is 0.329. The summed E-state index contributed by atoms with van der Waals surface area (Å²) >= 11 is 0. The van der Waals surface area contributed by atoms with Gasteiger partial charge in [0.15, 0.2) is 0 Å². The number of nitrogens with one attached hydrogen (secondary N) is 1. The SMILES string of the molecule is Cc1ccc(S(=O)(=O)N2C[C@]3(CCCN(CC(=O)Nc4ccc(OCc5ccccc5)cc4)C3)OC[C@@H]2CC(C)C)cc1. The maximum Gasteiger partial charge on any atom is 0.243 e. The highest BCUT2D eigenvalue weighted by Gasteiger charge is 2.47. The normalized spacial score (nSPS) is 21.6. The fourth-order valence-corrected chi connectivity index (χ4v) is 7.72. The number of amides is 1. The highest BCUT2D eigenvalue weighted by molar-refractivity contribution is 7.89. The highest BCUT2D eigenvalue weighted by atomic mass is 32.2. The van der Waals surface area contributed by atoms with Gasteiger partial charge in [0.05, 0.1) is 23.6 Å². The zero-order valence-electron chi connectivity index (χ0n) is 25.4. The Balaban J connectivity index is 1.21. The molecule has 0 saturated carbocycles. The van der Waals surface area contributed by atoms with Gasteiger partial charge in [-0.3, -0.25) is 9.69 Å². The summed E-state index contributed by atoms with van der Waals surface area (Å²) in [7, 11) is -3.71. The van der Waals surface area contributed by atoms with E-state index in [4.69, 9.17) is 9.47 Å². The van der Waals surface area contributed by atoms with Crippen molar-refractivity contribution in [2.24, 2.45) is 5.92 Å². The summed E-state index contributed by atoms with van der Waals surface area (Å²) in [5, 5.41) is 2.99. The van der Waals surface area contributed by atoms with Crippen molar-refractivity contribution in [2.45, 2.75) is 63.2 Å². The number of benzene rings is 3. The predicted molar refractivity (Wildman–Crippen MR) is 169 cm³/mol. The number of morpholine rings is 1. The summed E-state index contributed by atoms with van der Waals surface area (Å²) in [5.74, 6) is 0.942. The van der Waals surface area contributed by atoms with Crippen LogP contribution in [0.4, 0.5) is 5.69 Å². The summed E-state index contributed by atoms with van der Waals surface area (Å²) in [6.07, 6.45) is 2.31. The van der Waals surface area contributed by atoms with Crippen molar-refractivity contribution in [3.63, 3.8) is 0 Å². The van der Waals surface area contributed by atoms with Gasteiger partial charge in [-0.2, -0.15) is 4.31 Å². The highest BCUT2D eigenvalue weighted by Crippen LogP contribution is 2.35. The molecule has 5 rings (SSSR count). The summed E-state index contributed by atoms with van der Waals surface area (Å²) in [5.41, 5.74) is 2.16. The van der Waals surface area contributed by atoms with Gasteiger partial charge >= 0.3 is 0 Å². The van der Waals surface area contributed by atoms with E-state index >= 15 is 0 Å². The molecule has 0 bridgehead atoms. The molecule has 43 heavy (non-hydrogen) atoms. The van der Waals surface area contributed by atoms with Gasteiger partial charge in [0.25, 0.3) is 0 Å². The van der Waals surface area contributed by atoms with Crippen LogP contribution >= 0.6 is 0 Å². The van der Waals surface area contributed by atoms with Crippen LogP contribution < -0.4 is 10.1 Å². The number of piperidine rings is 1. The first kappa shape index (κ1) is 31.2. The predicted octanol–water partition coefficient (Wildman–Crippen LogP) is 5.48. The minimum absolute atomic E-state index is 0.118. The van der Waals surface area contributed by atoms with Gasteiger partial charge in [0.1, 0.15) is 12.4 Å². The number of sulfonamides is 1. The maximum atomic E-state index is 13.9. The Morgan fingerprint density at radius 3 is 2.44 bits per heavy atom. The summed E-state index contributed by atoms with van der Waals surface area (Å²) in [6.45, 7) is 8.73. The first-order valence-corrected chi connectivity index (χ1v) is 16.6. The van der Waals surface area contributed by atoms with Crippen LogP contribution in [-0.2, 0) is 26.2 Å². The van der Waals surface area contributed by atoms with Crippen molar-refractivity contribution in [1.82, 2.24) is 9.21 Å². The van der Waals surface area contributed by atoms with E-state index in [1.54, 1.807) is 16.4 Å². The van der Waals surface area contributed by atoms with Crippen molar-refractivity contribution in [3.05, 3.63) is 90.0 Å². The molecule has 0 radical (unpaired) electrons. The lowest BCUT2D eigenvalue weighted by atomic mass is 9.89. The van der Waals surface area contributed by atoms with E-state index in [0.717, 1.165) is 42.7 Å². The molecule has 2 fully saturated rings. The van der Waals surface area contributed by atoms with Crippen LogP contribution in [0.2, 0.25) is 0 Å². The van der Waals surface area contributed by atoms with Gasteiger partial charge in [0.2, 0.25) is 15.9 Å². The molecule has 2 aliphatic rings. The number of carbonyl (C=O) groups excluding carboxylic acids is 1. The number of anilines is 1. The number of aryl methyl sites for hydroxylation is 1. The van der Waals surface area contributed by atoms with Gasteiger partial charge in [-0.25, -0.2) is 8.42 Å². The van der Waals surface area contributed by atoms with Gasteiger partial charge in [-0.1, -0.05) is 61.9 Å². The van der Waals surface area contributed by atoms with Gasteiger partial charge in [0, 0.05) is 24.8 Å². The van der Waals surface area contributed by atoms with Crippen molar-refractivity contribution in [2.75, 3.05) is 38.1 Å². The summed E-state index contributed by atoms with van der Waals surface area (Å²) < 4.78 is 41.8. The first-order chi connectivity index (χ1) is 20.6. The van der Waals surface area contributed by atoms with Crippen molar-refractivity contribution >= 4 is 21.6 Å². The van der Waals surface area contributed by atoms with Crippen molar-refractivity contribution in [3.8, 4) is 5.75 Å². The Bertz CT molecular complexity index is 1460. The van der Waals surface area contributed by atoms with Crippen molar-refractivity contribution < 1.29 is 22.7 Å². The molecule has 0 aromatic heterocycles. The summed E-state index contributed by atoms with van der Waals surface area (Å²) in [4.78, 5) is 15.4. The number of ether oxygens (including phenoxy) is 2. The molecule has 0 aliphatic carbocycles. The van der Waals surface area contributed by atoms with E-state index in [1.807, 2.05) is 73.7 Å². The Hall–Kier alpha value is -3.24. The molecule has 1 amide bonds. The molecule has 2 atom stereocenters. The van der Waals surface area contributed by atoms with Gasteiger partial charge < -0.3 is 14.8 Å². The fraction of sp³-hybridized carbons (Fsp3) is 0.441. The summed E-state index contributed by atoms with van der Waals surface area (Å²) in [6, 6.07) is 24.2. The molecular formula is C34H43N3O5S.